The summed E-state index contributed by atoms with van der Waals surface area (Å²) in [5, 5.41) is 4.72. The highest BCUT2D eigenvalue weighted by molar-refractivity contribution is 6.12. The minimum atomic E-state index is -0.620. The van der Waals surface area contributed by atoms with E-state index in [0.29, 0.717) is 11.8 Å². The Morgan fingerprint density at radius 3 is 2.44 bits per heavy atom. The predicted molar refractivity (Wildman–Crippen MR) is 141 cm³/mol. The number of nitrogens with zero attached hydrogens (tertiary/aromatic N) is 1. The van der Waals surface area contributed by atoms with Gasteiger partial charge in [-0.2, -0.15) is 0 Å². The molecule has 192 valence electrons. The molecule has 5 rings (SSSR count). The van der Waals surface area contributed by atoms with Crippen LogP contribution in [-0.2, 0) is 22.5 Å². The summed E-state index contributed by atoms with van der Waals surface area (Å²) in [7, 11) is 3.35. The molecule has 0 amide bonds. The molecule has 0 aromatic heterocycles. The topological polar surface area (TPSA) is 83.2 Å². The van der Waals surface area contributed by atoms with E-state index in [4.69, 9.17) is 24.7 Å². The average Bonchev–Trinajstić information content (AvgIpc) is 3.36. The number of rotatable bonds is 8. The Kier molecular flexibility index (Phi) is 6.95. The predicted octanol–water partition coefficient (Wildman–Crippen LogP) is 4.44. The number of carbonyl (C=O) groups excluding carboxylic acids is 1. The van der Waals surface area contributed by atoms with E-state index in [0.717, 1.165) is 41.8 Å². The van der Waals surface area contributed by atoms with Crippen LogP contribution in [0.5, 0.6) is 17.2 Å². The highest BCUT2D eigenvalue weighted by atomic mass is 16.6. The van der Waals surface area contributed by atoms with Crippen molar-refractivity contribution in [2.75, 3.05) is 34.0 Å². The van der Waals surface area contributed by atoms with Crippen molar-refractivity contribution in [3.8, 4) is 17.2 Å². The third-order valence-electron chi connectivity index (χ3n) is 7.71. The lowest BCUT2D eigenvalue weighted by molar-refractivity contribution is -0.147. The lowest BCUT2D eigenvalue weighted by Gasteiger charge is -2.33. The van der Waals surface area contributed by atoms with Gasteiger partial charge in [0.25, 0.3) is 0 Å². The van der Waals surface area contributed by atoms with Gasteiger partial charge in [0.05, 0.1) is 14.2 Å². The molecule has 36 heavy (non-hydrogen) atoms. The van der Waals surface area contributed by atoms with Gasteiger partial charge in [-0.25, -0.2) is 0 Å². The molecular formula is C29H36N2O5. The molecule has 3 aromatic carbocycles. The lowest BCUT2D eigenvalue weighted by atomic mass is 9.85. The van der Waals surface area contributed by atoms with Crippen molar-refractivity contribution in [3.05, 3.63) is 41.5 Å². The van der Waals surface area contributed by atoms with Gasteiger partial charge in [0.15, 0.2) is 11.5 Å². The Labute approximate surface area is 212 Å². The molecular weight excluding hydrogens is 456 g/mol. The number of hydrogen-bond acceptors (Lipinski definition) is 7. The third kappa shape index (κ3) is 4.46. The van der Waals surface area contributed by atoms with E-state index in [2.05, 4.69) is 29.2 Å². The van der Waals surface area contributed by atoms with Crippen LogP contribution in [0.15, 0.2) is 30.3 Å². The van der Waals surface area contributed by atoms with E-state index < -0.39 is 12.0 Å². The summed E-state index contributed by atoms with van der Waals surface area (Å²) in [5.41, 5.74) is 8.68. The number of methoxy groups -OCH3 is 2. The van der Waals surface area contributed by atoms with Crippen LogP contribution < -0.4 is 19.9 Å². The molecule has 7 heteroatoms. The first-order chi connectivity index (χ1) is 17.4. The Bertz CT molecular complexity index is 1290. The first-order valence-electron chi connectivity index (χ1n) is 12.8. The molecule has 1 saturated heterocycles. The normalized spacial score (nSPS) is 18.2. The molecule has 0 spiro atoms. The molecule has 2 N–H and O–H groups in total. The van der Waals surface area contributed by atoms with Crippen LogP contribution >= 0.6 is 0 Å². The summed E-state index contributed by atoms with van der Waals surface area (Å²) in [6.45, 7) is 6.34. The van der Waals surface area contributed by atoms with E-state index in [-0.39, 0.29) is 19.1 Å². The second-order valence-corrected chi connectivity index (χ2v) is 10.2. The van der Waals surface area contributed by atoms with Crippen LogP contribution in [0.25, 0.3) is 21.5 Å². The Balaban J connectivity index is 1.50. The van der Waals surface area contributed by atoms with Crippen molar-refractivity contribution in [2.24, 2.45) is 11.7 Å². The molecule has 2 atom stereocenters. The largest absolute Gasteiger partial charge is 0.493 e. The summed E-state index contributed by atoms with van der Waals surface area (Å²) in [5.74, 6) is 1.83. The van der Waals surface area contributed by atoms with Gasteiger partial charge < -0.3 is 24.7 Å². The molecule has 0 aliphatic carbocycles. The fraction of sp³-hybridized carbons (Fsp3) is 0.483. The van der Waals surface area contributed by atoms with Crippen LogP contribution in [0.3, 0.4) is 0 Å². The highest BCUT2D eigenvalue weighted by Gasteiger charge is 2.32. The monoisotopic (exact) mass is 492 g/mol. The number of fused-ring (bicyclic) bond motifs is 7. The molecule has 0 bridgehead atoms. The molecule has 2 heterocycles. The zero-order chi connectivity index (χ0) is 25.4. The average molecular weight is 493 g/mol. The van der Waals surface area contributed by atoms with E-state index in [1.54, 1.807) is 14.2 Å². The van der Waals surface area contributed by atoms with Gasteiger partial charge in [-0.1, -0.05) is 19.9 Å². The van der Waals surface area contributed by atoms with Gasteiger partial charge in [-0.3, -0.25) is 9.69 Å². The lowest BCUT2D eigenvalue weighted by Crippen LogP contribution is -2.37. The zero-order valence-electron chi connectivity index (χ0n) is 21.6. The number of hydrogen-bond donors (Lipinski definition) is 1. The summed E-state index contributed by atoms with van der Waals surface area (Å²) < 4.78 is 22.6. The smallest absolute Gasteiger partial charge is 0.323 e. The van der Waals surface area contributed by atoms with Crippen LogP contribution in [0.1, 0.15) is 37.8 Å². The number of carbonyl (C=O) groups is 1. The number of nitrogens with two attached hydrogens (primary N) is 1. The minimum absolute atomic E-state index is 0.0320. The van der Waals surface area contributed by atoms with Crippen molar-refractivity contribution >= 4 is 27.5 Å². The Hall–Kier alpha value is -3.03. The van der Waals surface area contributed by atoms with Gasteiger partial charge in [0.2, 0.25) is 0 Å². The van der Waals surface area contributed by atoms with Gasteiger partial charge in [0.1, 0.15) is 25.0 Å². The van der Waals surface area contributed by atoms with Gasteiger partial charge in [-0.05, 0) is 88.7 Å². The van der Waals surface area contributed by atoms with Crippen molar-refractivity contribution in [1.29, 1.82) is 0 Å². The second-order valence-electron chi connectivity index (χ2n) is 10.2. The quantitative estimate of drug-likeness (QED) is 0.283. The van der Waals surface area contributed by atoms with Gasteiger partial charge in [-0.15, -0.1) is 0 Å². The molecule has 3 aromatic rings. The Morgan fingerprint density at radius 2 is 1.72 bits per heavy atom. The maximum Gasteiger partial charge on any atom is 0.323 e. The van der Waals surface area contributed by atoms with Crippen LogP contribution in [-0.4, -0.2) is 56.9 Å². The summed E-state index contributed by atoms with van der Waals surface area (Å²) >= 11 is 0. The summed E-state index contributed by atoms with van der Waals surface area (Å²) in [6.07, 6.45) is 3.57. The molecule has 7 nitrogen and oxygen atoms in total. The number of esters is 1. The van der Waals surface area contributed by atoms with Crippen LogP contribution in [0.4, 0.5) is 0 Å². The van der Waals surface area contributed by atoms with E-state index >= 15 is 0 Å². The first kappa shape index (κ1) is 24.7. The van der Waals surface area contributed by atoms with Crippen molar-refractivity contribution in [3.63, 3.8) is 0 Å². The molecule has 2 aliphatic rings. The van der Waals surface area contributed by atoms with Crippen LogP contribution in [0.2, 0.25) is 0 Å². The maximum atomic E-state index is 12.0. The van der Waals surface area contributed by atoms with Crippen molar-refractivity contribution < 1.29 is 23.7 Å². The van der Waals surface area contributed by atoms with Crippen molar-refractivity contribution in [2.45, 2.75) is 51.7 Å². The summed E-state index contributed by atoms with van der Waals surface area (Å²) in [4.78, 5) is 14.6. The molecule has 0 saturated carbocycles. The standard InChI is InChI=1S/C29H36N2O5/c1-17(2)28(30)29(32)36-11-10-35-19-7-8-20-22(13-19)24-15-27(34-4)26(33-3)14-23(24)21-12-18-6-5-9-31(18)16-25(20)21/h7-8,13-15,17-18,28H,5-6,9-12,16,30H2,1-4H3/t18-,28-/m0/s1. The van der Waals surface area contributed by atoms with E-state index in [9.17, 15) is 4.79 Å². The van der Waals surface area contributed by atoms with Crippen molar-refractivity contribution in [1.82, 2.24) is 4.90 Å². The molecule has 0 radical (unpaired) electrons. The summed E-state index contributed by atoms with van der Waals surface area (Å²) in [6, 6.07) is 10.5. The first-order valence-corrected chi connectivity index (χ1v) is 12.8. The Morgan fingerprint density at radius 1 is 1.00 bits per heavy atom. The maximum absolute atomic E-state index is 12.0. The zero-order valence-corrected chi connectivity index (χ0v) is 21.6. The van der Waals surface area contributed by atoms with E-state index in [1.807, 2.05) is 19.9 Å². The third-order valence-corrected chi connectivity index (χ3v) is 7.71. The number of benzene rings is 3. The SMILES string of the molecule is COc1cc2c3c(c4ccc(OCCOC(=O)[C@@H](N)C(C)C)cc4c2cc1OC)CN1CCC[C@H]1C3. The fourth-order valence-corrected chi connectivity index (χ4v) is 5.63. The second kappa shape index (κ2) is 10.1. The molecule has 2 aliphatic heterocycles. The number of ether oxygens (including phenoxy) is 4. The molecule has 0 unspecified atom stereocenters. The van der Waals surface area contributed by atoms with E-state index in [1.165, 1.54) is 34.7 Å². The van der Waals surface area contributed by atoms with Crippen LogP contribution in [0, 0.1) is 5.92 Å². The van der Waals surface area contributed by atoms with Gasteiger partial charge in [0, 0.05) is 12.6 Å². The highest BCUT2D eigenvalue weighted by Crippen LogP contribution is 2.44. The fourth-order valence-electron chi connectivity index (χ4n) is 5.63. The minimum Gasteiger partial charge on any atom is -0.493 e. The van der Waals surface area contributed by atoms with Gasteiger partial charge >= 0.3 is 5.97 Å². The molecule has 1 fully saturated rings.